The first-order valence-corrected chi connectivity index (χ1v) is 7.14. The third kappa shape index (κ3) is 2.49. The summed E-state index contributed by atoms with van der Waals surface area (Å²) in [6, 6.07) is 5.06. The van der Waals surface area contributed by atoms with Gasteiger partial charge < -0.3 is 19.2 Å². The summed E-state index contributed by atoms with van der Waals surface area (Å²) in [7, 11) is 3.12. The highest BCUT2D eigenvalue weighted by atomic mass is 16.5. The van der Waals surface area contributed by atoms with Gasteiger partial charge in [0.2, 0.25) is 5.75 Å². The van der Waals surface area contributed by atoms with E-state index in [4.69, 9.17) is 13.9 Å². The molecule has 1 aromatic heterocycles. The first-order chi connectivity index (χ1) is 10.2. The maximum absolute atomic E-state index is 12.3. The second kappa shape index (κ2) is 5.77. The Morgan fingerprint density at radius 2 is 1.95 bits per heavy atom. The van der Waals surface area contributed by atoms with Gasteiger partial charge in [0, 0.05) is 12.0 Å². The van der Waals surface area contributed by atoms with E-state index in [2.05, 4.69) is 5.32 Å². The van der Waals surface area contributed by atoms with E-state index in [1.807, 2.05) is 0 Å². The minimum atomic E-state index is -0.0364. The lowest BCUT2D eigenvalue weighted by Gasteiger charge is -2.22. The molecule has 1 saturated heterocycles. The van der Waals surface area contributed by atoms with Gasteiger partial charge in [0.1, 0.15) is 5.76 Å². The van der Waals surface area contributed by atoms with E-state index >= 15 is 0 Å². The molecule has 1 aromatic carbocycles. The number of piperidine rings is 1. The summed E-state index contributed by atoms with van der Waals surface area (Å²) in [6.45, 7) is 1.89. The van der Waals surface area contributed by atoms with Crippen molar-refractivity contribution < 1.29 is 13.9 Å². The maximum Gasteiger partial charge on any atom is 0.204 e. The van der Waals surface area contributed by atoms with Crippen LogP contribution in [0.4, 0.5) is 0 Å². The first kappa shape index (κ1) is 13.9. The molecule has 2 heterocycles. The zero-order chi connectivity index (χ0) is 14.8. The normalized spacial score (nSPS) is 16.1. The number of nitrogens with one attached hydrogen (secondary N) is 1. The van der Waals surface area contributed by atoms with Gasteiger partial charge in [-0.1, -0.05) is 0 Å². The van der Waals surface area contributed by atoms with Gasteiger partial charge >= 0.3 is 0 Å². The highest BCUT2D eigenvalue weighted by Gasteiger charge is 2.21. The molecule has 1 aliphatic heterocycles. The molecule has 0 atom stereocenters. The van der Waals surface area contributed by atoms with Gasteiger partial charge in [-0.15, -0.1) is 0 Å². The number of hydrogen-bond acceptors (Lipinski definition) is 5. The van der Waals surface area contributed by atoms with Gasteiger partial charge in [0.15, 0.2) is 16.8 Å². The summed E-state index contributed by atoms with van der Waals surface area (Å²) < 4.78 is 16.7. The molecule has 2 aromatic rings. The molecule has 0 bridgehead atoms. The fourth-order valence-electron chi connectivity index (χ4n) is 2.86. The van der Waals surface area contributed by atoms with E-state index in [0.717, 1.165) is 31.7 Å². The predicted octanol–water partition coefficient (Wildman–Crippen LogP) is 2.28. The molecule has 112 valence electrons. The van der Waals surface area contributed by atoms with E-state index < -0.39 is 0 Å². The van der Waals surface area contributed by atoms with Crippen molar-refractivity contribution in [2.75, 3.05) is 27.3 Å². The average Bonchev–Trinajstić information content (AvgIpc) is 2.54. The molecule has 1 N–H and O–H groups in total. The quantitative estimate of drug-likeness (QED) is 0.939. The summed E-state index contributed by atoms with van der Waals surface area (Å²) in [5.74, 6) is 2.05. The van der Waals surface area contributed by atoms with Crippen LogP contribution in [0.5, 0.6) is 11.5 Å². The molecule has 5 nitrogen and oxygen atoms in total. The van der Waals surface area contributed by atoms with Crippen LogP contribution in [0.1, 0.15) is 24.5 Å². The summed E-state index contributed by atoms with van der Waals surface area (Å²) in [5, 5.41) is 3.83. The molecule has 3 rings (SSSR count). The number of rotatable bonds is 3. The Kier molecular flexibility index (Phi) is 3.84. The molecule has 0 amide bonds. The largest absolute Gasteiger partial charge is 0.493 e. The fourth-order valence-corrected chi connectivity index (χ4v) is 2.86. The third-order valence-corrected chi connectivity index (χ3v) is 4.00. The van der Waals surface area contributed by atoms with Crippen molar-refractivity contribution in [2.45, 2.75) is 18.8 Å². The van der Waals surface area contributed by atoms with Gasteiger partial charge in [-0.05, 0) is 38.1 Å². The Bertz CT molecular complexity index is 701. The van der Waals surface area contributed by atoms with Gasteiger partial charge in [-0.25, -0.2) is 0 Å². The van der Waals surface area contributed by atoms with Crippen molar-refractivity contribution in [3.8, 4) is 11.5 Å². The van der Waals surface area contributed by atoms with E-state index in [0.29, 0.717) is 22.5 Å². The summed E-state index contributed by atoms with van der Waals surface area (Å²) in [4.78, 5) is 12.3. The highest BCUT2D eigenvalue weighted by molar-refractivity contribution is 5.85. The molecule has 0 saturated carbocycles. The fraction of sp³-hybridized carbons (Fsp3) is 0.438. The number of ether oxygens (including phenoxy) is 2. The van der Waals surface area contributed by atoms with Crippen molar-refractivity contribution in [2.24, 2.45) is 0 Å². The summed E-state index contributed by atoms with van der Waals surface area (Å²) in [5.41, 5.74) is 0.434. The van der Waals surface area contributed by atoms with Crippen LogP contribution in [0.25, 0.3) is 11.0 Å². The van der Waals surface area contributed by atoms with Crippen molar-refractivity contribution >= 4 is 11.0 Å². The maximum atomic E-state index is 12.3. The minimum Gasteiger partial charge on any atom is -0.493 e. The second-order valence-electron chi connectivity index (χ2n) is 5.22. The standard InChI is InChI=1S/C16H19NO4/c1-19-13-4-3-11-12(18)9-14(10-5-7-17-8-6-10)21-15(11)16(13)20-2/h3-4,9-10,17H,5-8H2,1-2H3. The van der Waals surface area contributed by atoms with E-state index in [-0.39, 0.29) is 11.3 Å². The Labute approximate surface area is 122 Å². The smallest absolute Gasteiger partial charge is 0.204 e. The Morgan fingerprint density at radius 1 is 1.19 bits per heavy atom. The molecular weight excluding hydrogens is 270 g/mol. The molecule has 0 aliphatic carbocycles. The summed E-state index contributed by atoms with van der Waals surface area (Å²) in [6.07, 6.45) is 1.95. The first-order valence-electron chi connectivity index (χ1n) is 7.14. The number of benzene rings is 1. The average molecular weight is 289 g/mol. The SMILES string of the molecule is COc1ccc2c(=O)cc(C3CCNCC3)oc2c1OC. The zero-order valence-corrected chi connectivity index (χ0v) is 12.3. The summed E-state index contributed by atoms with van der Waals surface area (Å²) >= 11 is 0. The van der Waals surface area contributed by atoms with Crippen LogP contribution >= 0.6 is 0 Å². The lowest BCUT2D eigenvalue weighted by atomic mass is 9.95. The second-order valence-corrected chi connectivity index (χ2v) is 5.22. The van der Waals surface area contributed by atoms with E-state index in [1.165, 1.54) is 0 Å². The van der Waals surface area contributed by atoms with Crippen LogP contribution in [-0.2, 0) is 0 Å². The molecule has 5 heteroatoms. The Morgan fingerprint density at radius 3 is 2.62 bits per heavy atom. The van der Waals surface area contributed by atoms with E-state index in [1.54, 1.807) is 32.4 Å². The minimum absolute atomic E-state index is 0.0364. The van der Waals surface area contributed by atoms with Gasteiger partial charge in [-0.2, -0.15) is 0 Å². The number of fused-ring (bicyclic) bond motifs is 1. The van der Waals surface area contributed by atoms with Crippen LogP contribution in [0.3, 0.4) is 0 Å². The van der Waals surface area contributed by atoms with Gasteiger partial charge in [0.25, 0.3) is 0 Å². The lowest BCUT2D eigenvalue weighted by Crippen LogP contribution is -2.27. The molecule has 1 fully saturated rings. The monoisotopic (exact) mass is 289 g/mol. The zero-order valence-electron chi connectivity index (χ0n) is 12.3. The van der Waals surface area contributed by atoms with Crippen LogP contribution in [-0.4, -0.2) is 27.3 Å². The van der Waals surface area contributed by atoms with Crippen LogP contribution < -0.4 is 20.2 Å². The van der Waals surface area contributed by atoms with Crippen molar-refractivity contribution in [3.63, 3.8) is 0 Å². The van der Waals surface area contributed by atoms with E-state index in [9.17, 15) is 4.79 Å². The van der Waals surface area contributed by atoms with Crippen molar-refractivity contribution in [3.05, 3.63) is 34.2 Å². The van der Waals surface area contributed by atoms with Crippen molar-refractivity contribution in [1.82, 2.24) is 5.32 Å². The van der Waals surface area contributed by atoms with Crippen molar-refractivity contribution in [1.29, 1.82) is 0 Å². The molecule has 0 unspecified atom stereocenters. The van der Waals surface area contributed by atoms with Gasteiger partial charge in [-0.3, -0.25) is 4.79 Å². The molecule has 0 radical (unpaired) electrons. The highest BCUT2D eigenvalue weighted by Crippen LogP contribution is 2.36. The molecule has 0 spiro atoms. The Hall–Kier alpha value is -2.01. The Balaban J connectivity index is 2.18. The van der Waals surface area contributed by atoms with Crippen LogP contribution in [0.15, 0.2) is 27.4 Å². The number of hydrogen-bond donors (Lipinski definition) is 1. The molecular formula is C16H19NO4. The van der Waals surface area contributed by atoms with Crippen LogP contribution in [0.2, 0.25) is 0 Å². The lowest BCUT2D eigenvalue weighted by molar-refractivity contribution is 0.346. The molecule has 21 heavy (non-hydrogen) atoms. The number of methoxy groups -OCH3 is 2. The van der Waals surface area contributed by atoms with Gasteiger partial charge in [0.05, 0.1) is 19.6 Å². The predicted molar refractivity (Wildman–Crippen MR) is 80.4 cm³/mol. The topological polar surface area (TPSA) is 60.7 Å². The molecule has 1 aliphatic rings. The third-order valence-electron chi connectivity index (χ3n) is 4.00. The van der Waals surface area contributed by atoms with Crippen LogP contribution in [0, 0.1) is 0 Å².